The molecule has 8 heteroatoms. The molecule has 1 saturated heterocycles. The molecule has 0 unspecified atom stereocenters. The summed E-state index contributed by atoms with van der Waals surface area (Å²) in [7, 11) is 0. The molecule has 1 fully saturated rings. The van der Waals surface area contributed by atoms with Crippen LogP contribution in [-0.4, -0.2) is 52.5 Å². The maximum Gasteiger partial charge on any atom is 0.247 e. The Morgan fingerprint density at radius 2 is 1.76 bits per heavy atom. The maximum absolute atomic E-state index is 5.93. The predicted molar refractivity (Wildman–Crippen MR) is 130 cm³/mol. The molecule has 0 radical (unpaired) electrons. The van der Waals surface area contributed by atoms with Crippen LogP contribution in [0.5, 0.6) is 17.2 Å². The summed E-state index contributed by atoms with van der Waals surface area (Å²) in [6.07, 6.45) is 3.96. The van der Waals surface area contributed by atoms with E-state index in [1.165, 1.54) is 32.4 Å². The van der Waals surface area contributed by atoms with Crippen LogP contribution >= 0.6 is 0 Å². The Balaban J connectivity index is 1.13. The third-order valence-electron chi connectivity index (χ3n) is 6.26. The number of nitrogens with one attached hydrogen (secondary N) is 1. The highest BCUT2D eigenvalue weighted by atomic mass is 16.7. The van der Waals surface area contributed by atoms with Crippen LogP contribution in [0.4, 0.5) is 11.6 Å². The molecule has 4 aromatic rings. The molecule has 8 nitrogen and oxygen atoms in total. The molecule has 2 aliphatic rings. The highest BCUT2D eigenvalue weighted by molar-refractivity contribution is 5.68. The molecule has 6 rings (SSSR count). The predicted octanol–water partition coefficient (Wildman–Crippen LogP) is 4.73. The molecule has 174 valence electrons. The fraction of sp³-hybridized carbons (Fsp3) is 0.308. The summed E-state index contributed by atoms with van der Waals surface area (Å²) in [6, 6.07) is 19.7. The first-order valence-corrected chi connectivity index (χ1v) is 11.8. The van der Waals surface area contributed by atoms with Crippen molar-refractivity contribution in [1.29, 1.82) is 0 Å². The summed E-state index contributed by atoms with van der Waals surface area (Å²) in [4.78, 5) is 7.12. The molecule has 2 aromatic heterocycles. The van der Waals surface area contributed by atoms with Gasteiger partial charge in [0.15, 0.2) is 17.1 Å². The van der Waals surface area contributed by atoms with Crippen molar-refractivity contribution < 1.29 is 14.2 Å². The van der Waals surface area contributed by atoms with E-state index in [0.29, 0.717) is 12.6 Å². The Bertz CT molecular complexity index is 1280. The van der Waals surface area contributed by atoms with Crippen molar-refractivity contribution in [2.24, 2.45) is 0 Å². The first-order valence-electron chi connectivity index (χ1n) is 11.8. The minimum Gasteiger partial charge on any atom is -0.492 e. The van der Waals surface area contributed by atoms with Crippen molar-refractivity contribution in [2.45, 2.75) is 19.3 Å². The molecule has 34 heavy (non-hydrogen) atoms. The Morgan fingerprint density at radius 1 is 0.912 bits per heavy atom. The van der Waals surface area contributed by atoms with Gasteiger partial charge in [0.05, 0.1) is 5.69 Å². The number of aromatic nitrogens is 3. The molecular formula is C26H27N5O3. The number of fused-ring (bicyclic) bond motifs is 2. The van der Waals surface area contributed by atoms with Gasteiger partial charge in [0.2, 0.25) is 12.7 Å². The maximum atomic E-state index is 5.93. The minimum atomic E-state index is 0.253. The lowest BCUT2D eigenvalue weighted by atomic mass is 10.1. The van der Waals surface area contributed by atoms with Gasteiger partial charge in [-0.15, -0.1) is 5.10 Å². The topological polar surface area (TPSA) is 73.2 Å². The second-order valence-corrected chi connectivity index (χ2v) is 8.58. The molecule has 2 aromatic carbocycles. The molecule has 0 amide bonds. The fourth-order valence-corrected chi connectivity index (χ4v) is 4.47. The van der Waals surface area contributed by atoms with Crippen LogP contribution < -0.4 is 19.5 Å². The average Bonchev–Trinajstić information content (AvgIpc) is 3.51. The summed E-state index contributed by atoms with van der Waals surface area (Å²) in [6.45, 7) is 4.33. The van der Waals surface area contributed by atoms with Crippen LogP contribution in [0, 0.1) is 0 Å². The molecule has 1 N–H and O–H groups in total. The lowest BCUT2D eigenvalue weighted by Crippen LogP contribution is -2.33. The van der Waals surface area contributed by atoms with E-state index >= 15 is 0 Å². The normalized spacial score (nSPS) is 15.5. The smallest absolute Gasteiger partial charge is 0.247 e. The van der Waals surface area contributed by atoms with Crippen molar-refractivity contribution in [3.63, 3.8) is 0 Å². The van der Waals surface area contributed by atoms with Gasteiger partial charge < -0.3 is 19.5 Å². The molecule has 4 heterocycles. The van der Waals surface area contributed by atoms with Gasteiger partial charge in [-0.25, -0.2) is 4.52 Å². The monoisotopic (exact) mass is 457 g/mol. The minimum absolute atomic E-state index is 0.253. The number of hydrogen-bond acceptors (Lipinski definition) is 7. The van der Waals surface area contributed by atoms with Crippen molar-refractivity contribution in [3.8, 4) is 28.5 Å². The van der Waals surface area contributed by atoms with Gasteiger partial charge >= 0.3 is 0 Å². The SMILES string of the molecule is c1cc(-c2ccc3c(c2)OCO3)n2nc(Nc3ccc(OCCN4CCCCC4)cc3)nc2c1. The fourth-order valence-electron chi connectivity index (χ4n) is 4.47. The summed E-state index contributed by atoms with van der Waals surface area (Å²) in [5, 5.41) is 7.98. The van der Waals surface area contributed by atoms with Gasteiger partial charge in [0, 0.05) is 17.8 Å². The van der Waals surface area contributed by atoms with Crippen molar-refractivity contribution in [1.82, 2.24) is 19.5 Å². The Kier molecular flexibility index (Phi) is 5.64. The highest BCUT2D eigenvalue weighted by Gasteiger charge is 2.16. The molecule has 2 aliphatic heterocycles. The number of pyridine rings is 1. The van der Waals surface area contributed by atoms with E-state index in [1.54, 1.807) is 0 Å². The van der Waals surface area contributed by atoms with Crippen LogP contribution in [0.3, 0.4) is 0 Å². The van der Waals surface area contributed by atoms with E-state index in [2.05, 4.69) is 20.3 Å². The number of likely N-dealkylation sites (tertiary alicyclic amines) is 1. The van der Waals surface area contributed by atoms with Crippen LogP contribution in [0.15, 0.2) is 60.7 Å². The molecule has 0 saturated carbocycles. The largest absolute Gasteiger partial charge is 0.492 e. The van der Waals surface area contributed by atoms with Gasteiger partial charge in [-0.05, 0) is 80.5 Å². The zero-order valence-electron chi connectivity index (χ0n) is 18.9. The van der Waals surface area contributed by atoms with E-state index < -0.39 is 0 Å². The van der Waals surface area contributed by atoms with Crippen LogP contribution in [-0.2, 0) is 0 Å². The third-order valence-corrected chi connectivity index (χ3v) is 6.26. The van der Waals surface area contributed by atoms with Crippen LogP contribution in [0.1, 0.15) is 19.3 Å². The quantitative estimate of drug-likeness (QED) is 0.430. The first kappa shape index (κ1) is 20.8. The standard InChI is InChI=1S/C26H27N5O3/c1-2-13-30(14-3-1)15-16-32-21-10-8-20(9-11-21)27-26-28-25-6-4-5-22(31(25)29-26)19-7-12-23-24(17-19)34-18-33-23/h4-12,17H,1-3,13-16,18H2,(H,27,29). The molecule has 0 atom stereocenters. The Labute approximate surface area is 198 Å². The van der Waals surface area contributed by atoms with Gasteiger partial charge in [-0.1, -0.05) is 12.5 Å². The number of ether oxygens (including phenoxy) is 3. The highest BCUT2D eigenvalue weighted by Crippen LogP contribution is 2.36. The zero-order valence-corrected chi connectivity index (χ0v) is 18.9. The molecule has 0 bridgehead atoms. The average molecular weight is 458 g/mol. The Hall–Kier alpha value is -3.78. The lowest BCUT2D eigenvalue weighted by Gasteiger charge is -2.26. The number of benzene rings is 2. The Morgan fingerprint density at radius 3 is 2.65 bits per heavy atom. The summed E-state index contributed by atoms with van der Waals surface area (Å²) in [5.41, 5.74) is 3.57. The number of hydrogen-bond donors (Lipinski definition) is 1. The van der Waals surface area contributed by atoms with E-state index in [-0.39, 0.29) is 6.79 Å². The van der Waals surface area contributed by atoms with E-state index in [9.17, 15) is 0 Å². The molecular weight excluding hydrogens is 430 g/mol. The number of anilines is 2. The number of rotatable bonds is 7. The second kappa shape index (κ2) is 9.23. The van der Waals surface area contributed by atoms with Crippen molar-refractivity contribution in [2.75, 3.05) is 38.4 Å². The number of piperidine rings is 1. The summed E-state index contributed by atoms with van der Waals surface area (Å²) in [5.74, 6) is 2.91. The van der Waals surface area contributed by atoms with Crippen LogP contribution in [0.2, 0.25) is 0 Å². The third kappa shape index (κ3) is 4.36. The lowest BCUT2D eigenvalue weighted by molar-refractivity contribution is 0.174. The van der Waals surface area contributed by atoms with Gasteiger partial charge in [-0.2, -0.15) is 4.98 Å². The van der Waals surface area contributed by atoms with Gasteiger partial charge in [0.25, 0.3) is 0 Å². The van der Waals surface area contributed by atoms with Gasteiger partial charge in [-0.3, -0.25) is 4.90 Å². The van der Waals surface area contributed by atoms with E-state index in [1.807, 2.05) is 65.2 Å². The molecule has 0 spiro atoms. The molecule has 0 aliphatic carbocycles. The van der Waals surface area contributed by atoms with Crippen molar-refractivity contribution in [3.05, 3.63) is 60.7 Å². The van der Waals surface area contributed by atoms with E-state index in [4.69, 9.17) is 14.2 Å². The second-order valence-electron chi connectivity index (χ2n) is 8.58. The van der Waals surface area contributed by atoms with E-state index in [0.717, 1.165) is 46.4 Å². The van der Waals surface area contributed by atoms with Crippen LogP contribution in [0.25, 0.3) is 16.9 Å². The zero-order chi connectivity index (χ0) is 22.7. The summed E-state index contributed by atoms with van der Waals surface area (Å²) < 4.78 is 18.7. The first-order chi connectivity index (χ1) is 16.8. The van der Waals surface area contributed by atoms with Crippen molar-refractivity contribution >= 4 is 17.3 Å². The number of nitrogens with zero attached hydrogens (tertiary/aromatic N) is 4. The van der Waals surface area contributed by atoms with Gasteiger partial charge in [0.1, 0.15) is 12.4 Å². The summed E-state index contributed by atoms with van der Waals surface area (Å²) >= 11 is 0.